The number of rotatable bonds is 5. The summed E-state index contributed by atoms with van der Waals surface area (Å²) >= 11 is 0. The van der Waals surface area contributed by atoms with E-state index in [1.807, 2.05) is 56.3 Å². The van der Waals surface area contributed by atoms with Gasteiger partial charge in [0.05, 0.1) is 30.9 Å². The number of aryl methyl sites for hydroxylation is 1. The summed E-state index contributed by atoms with van der Waals surface area (Å²) in [7, 11) is 3.94. The zero-order valence-electron chi connectivity index (χ0n) is 11.1. The van der Waals surface area contributed by atoms with E-state index in [2.05, 4.69) is 16.4 Å². The summed E-state index contributed by atoms with van der Waals surface area (Å²) in [6.45, 7) is 2.66. The maximum Gasteiger partial charge on any atom is 0.124 e. The molecule has 1 N–H and O–H groups in total. The molecule has 0 fully saturated rings. The standard InChI is InChI=1S/C14H19N3O/c1-4-18-13-8-6-5-7-11(13)14(15-2)12-9-16-10-17(12)3/h5-10,14-15H,4H2,1-3H3. The van der Waals surface area contributed by atoms with E-state index in [0.717, 1.165) is 17.0 Å². The van der Waals surface area contributed by atoms with Crippen LogP contribution >= 0.6 is 0 Å². The Labute approximate surface area is 108 Å². The number of hydrogen-bond donors (Lipinski definition) is 1. The number of benzene rings is 1. The normalized spacial score (nSPS) is 12.4. The van der Waals surface area contributed by atoms with Crippen LogP contribution in [0.2, 0.25) is 0 Å². The second-order valence-electron chi connectivity index (χ2n) is 4.12. The van der Waals surface area contributed by atoms with Gasteiger partial charge in [0.1, 0.15) is 5.75 Å². The van der Waals surface area contributed by atoms with Crippen LogP contribution in [0, 0.1) is 0 Å². The quantitative estimate of drug-likeness (QED) is 0.877. The van der Waals surface area contributed by atoms with E-state index >= 15 is 0 Å². The first-order valence-corrected chi connectivity index (χ1v) is 6.13. The average Bonchev–Trinajstić information content (AvgIpc) is 2.79. The summed E-state index contributed by atoms with van der Waals surface area (Å²) in [4.78, 5) is 4.17. The Morgan fingerprint density at radius 1 is 1.39 bits per heavy atom. The first kappa shape index (κ1) is 12.6. The molecule has 1 heterocycles. The molecule has 96 valence electrons. The van der Waals surface area contributed by atoms with Gasteiger partial charge in [-0.05, 0) is 20.0 Å². The summed E-state index contributed by atoms with van der Waals surface area (Å²) in [6.07, 6.45) is 3.69. The van der Waals surface area contributed by atoms with Gasteiger partial charge >= 0.3 is 0 Å². The molecule has 0 spiro atoms. The smallest absolute Gasteiger partial charge is 0.124 e. The molecular formula is C14H19N3O. The third-order valence-corrected chi connectivity index (χ3v) is 2.97. The molecule has 1 unspecified atom stereocenters. The number of imidazole rings is 1. The van der Waals surface area contributed by atoms with Crippen molar-refractivity contribution in [2.45, 2.75) is 13.0 Å². The van der Waals surface area contributed by atoms with Crippen molar-refractivity contribution in [1.82, 2.24) is 14.9 Å². The van der Waals surface area contributed by atoms with Gasteiger partial charge in [-0.3, -0.25) is 0 Å². The van der Waals surface area contributed by atoms with E-state index in [0.29, 0.717) is 6.61 Å². The van der Waals surface area contributed by atoms with E-state index in [1.54, 1.807) is 0 Å². The van der Waals surface area contributed by atoms with Crippen molar-refractivity contribution in [1.29, 1.82) is 0 Å². The van der Waals surface area contributed by atoms with Crippen molar-refractivity contribution in [2.24, 2.45) is 7.05 Å². The number of ether oxygens (including phenoxy) is 1. The predicted octanol–water partition coefficient (Wildman–Crippen LogP) is 2.13. The Morgan fingerprint density at radius 2 is 2.17 bits per heavy atom. The second kappa shape index (κ2) is 5.69. The summed E-state index contributed by atoms with van der Waals surface area (Å²) < 4.78 is 7.71. The highest BCUT2D eigenvalue weighted by atomic mass is 16.5. The van der Waals surface area contributed by atoms with Crippen LogP contribution in [-0.4, -0.2) is 23.2 Å². The lowest BCUT2D eigenvalue weighted by Crippen LogP contribution is -2.21. The molecule has 18 heavy (non-hydrogen) atoms. The van der Waals surface area contributed by atoms with Gasteiger partial charge in [0.25, 0.3) is 0 Å². The van der Waals surface area contributed by atoms with Gasteiger partial charge in [-0.2, -0.15) is 0 Å². The fourth-order valence-electron chi connectivity index (χ4n) is 2.11. The molecule has 2 rings (SSSR count). The fourth-order valence-corrected chi connectivity index (χ4v) is 2.11. The minimum absolute atomic E-state index is 0.0836. The summed E-state index contributed by atoms with van der Waals surface area (Å²) in [5, 5.41) is 3.32. The van der Waals surface area contributed by atoms with Crippen molar-refractivity contribution in [3.8, 4) is 5.75 Å². The summed E-state index contributed by atoms with van der Waals surface area (Å²) in [5.41, 5.74) is 2.25. The van der Waals surface area contributed by atoms with Gasteiger partial charge < -0.3 is 14.6 Å². The third kappa shape index (κ3) is 2.38. The Hall–Kier alpha value is -1.81. The molecule has 0 saturated heterocycles. The van der Waals surface area contributed by atoms with Crippen LogP contribution < -0.4 is 10.1 Å². The maximum atomic E-state index is 5.69. The van der Waals surface area contributed by atoms with Crippen molar-refractivity contribution in [2.75, 3.05) is 13.7 Å². The Balaban J connectivity index is 2.42. The zero-order chi connectivity index (χ0) is 13.0. The van der Waals surface area contributed by atoms with Crippen molar-refractivity contribution in [3.63, 3.8) is 0 Å². The Kier molecular flexibility index (Phi) is 3.99. The Morgan fingerprint density at radius 3 is 2.78 bits per heavy atom. The van der Waals surface area contributed by atoms with Crippen LogP contribution in [0.1, 0.15) is 24.2 Å². The van der Waals surface area contributed by atoms with Crippen LogP contribution in [0.3, 0.4) is 0 Å². The first-order valence-electron chi connectivity index (χ1n) is 6.13. The van der Waals surface area contributed by atoms with Crippen molar-refractivity contribution >= 4 is 0 Å². The third-order valence-electron chi connectivity index (χ3n) is 2.97. The lowest BCUT2D eigenvalue weighted by Gasteiger charge is -2.20. The number of aromatic nitrogens is 2. The zero-order valence-corrected chi connectivity index (χ0v) is 11.1. The summed E-state index contributed by atoms with van der Waals surface area (Å²) in [5.74, 6) is 0.917. The molecule has 1 aromatic heterocycles. The highest BCUT2D eigenvalue weighted by Crippen LogP contribution is 2.29. The van der Waals surface area contributed by atoms with Gasteiger partial charge in [0.15, 0.2) is 0 Å². The SMILES string of the molecule is CCOc1ccccc1C(NC)c1cncn1C. The van der Waals surface area contributed by atoms with Crippen LogP contribution in [0.25, 0.3) is 0 Å². The number of hydrogen-bond acceptors (Lipinski definition) is 3. The molecule has 4 nitrogen and oxygen atoms in total. The van der Waals surface area contributed by atoms with E-state index in [4.69, 9.17) is 4.74 Å². The lowest BCUT2D eigenvalue weighted by atomic mass is 10.0. The first-order chi connectivity index (χ1) is 8.77. The van der Waals surface area contributed by atoms with Crippen molar-refractivity contribution < 1.29 is 4.74 Å². The highest BCUT2D eigenvalue weighted by Gasteiger charge is 2.18. The number of nitrogens with zero attached hydrogens (tertiary/aromatic N) is 2. The average molecular weight is 245 g/mol. The molecule has 0 amide bonds. The van der Waals surface area contributed by atoms with E-state index in [9.17, 15) is 0 Å². The van der Waals surface area contributed by atoms with Gasteiger partial charge in [-0.15, -0.1) is 0 Å². The second-order valence-corrected chi connectivity index (χ2v) is 4.12. The maximum absolute atomic E-state index is 5.69. The van der Waals surface area contributed by atoms with Crippen LogP contribution in [0.4, 0.5) is 0 Å². The van der Waals surface area contributed by atoms with Crippen LogP contribution in [-0.2, 0) is 7.05 Å². The largest absolute Gasteiger partial charge is 0.494 e. The molecule has 4 heteroatoms. The minimum Gasteiger partial charge on any atom is -0.494 e. The van der Waals surface area contributed by atoms with Gasteiger partial charge in [0, 0.05) is 12.6 Å². The molecule has 1 atom stereocenters. The molecule has 0 radical (unpaired) electrons. The molecule has 0 aliphatic heterocycles. The molecule has 1 aromatic carbocycles. The van der Waals surface area contributed by atoms with Gasteiger partial charge in [-0.1, -0.05) is 18.2 Å². The van der Waals surface area contributed by atoms with Crippen LogP contribution in [0.5, 0.6) is 5.75 Å². The van der Waals surface area contributed by atoms with E-state index in [1.165, 1.54) is 0 Å². The van der Waals surface area contributed by atoms with E-state index in [-0.39, 0.29) is 6.04 Å². The van der Waals surface area contributed by atoms with Gasteiger partial charge in [-0.25, -0.2) is 4.98 Å². The molecule has 2 aromatic rings. The van der Waals surface area contributed by atoms with Crippen molar-refractivity contribution in [3.05, 3.63) is 48.0 Å². The van der Waals surface area contributed by atoms with Crippen LogP contribution in [0.15, 0.2) is 36.8 Å². The molecular weight excluding hydrogens is 226 g/mol. The van der Waals surface area contributed by atoms with E-state index < -0.39 is 0 Å². The fraction of sp³-hybridized carbons (Fsp3) is 0.357. The molecule has 0 bridgehead atoms. The number of para-hydroxylation sites is 1. The molecule has 0 aliphatic carbocycles. The molecule has 0 aliphatic rings. The minimum atomic E-state index is 0.0836. The predicted molar refractivity (Wildman–Crippen MR) is 71.7 cm³/mol. The highest BCUT2D eigenvalue weighted by molar-refractivity contribution is 5.39. The van der Waals surface area contributed by atoms with Gasteiger partial charge in [0.2, 0.25) is 0 Å². The Bertz CT molecular complexity index is 507. The molecule has 0 saturated carbocycles. The number of nitrogens with one attached hydrogen (secondary N) is 1. The monoisotopic (exact) mass is 245 g/mol. The summed E-state index contributed by atoms with van der Waals surface area (Å²) in [6, 6.07) is 8.18. The lowest BCUT2D eigenvalue weighted by molar-refractivity contribution is 0.333. The topological polar surface area (TPSA) is 39.1 Å².